The smallest absolute Gasteiger partial charge is 0.289 e. The van der Waals surface area contributed by atoms with E-state index in [1.165, 1.54) is 5.56 Å². The van der Waals surface area contributed by atoms with Crippen molar-refractivity contribution in [1.29, 1.82) is 0 Å². The average molecular weight is 524 g/mol. The predicted octanol–water partition coefficient (Wildman–Crippen LogP) is 3.91. The average Bonchev–Trinajstić information content (AvgIpc) is 3.31. The maximum Gasteiger partial charge on any atom is 0.289 e. The first-order valence-corrected chi connectivity index (χ1v) is 14.1. The van der Waals surface area contributed by atoms with Crippen LogP contribution in [0.4, 0.5) is 0 Å². The van der Waals surface area contributed by atoms with Gasteiger partial charge in [0.25, 0.3) is 5.91 Å². The quantitative estimate of drug-likeness (QED) is 0.608. The first kappa shape index (κ1) is 26.8. The Bertz CT molecular complexity index is 1110. The number of carbonyl (C=O) groups is 2. The first-order valence-electron chi connectivity index (χ1n) is 14.1. The molecule has 0 N–H and O–H groups in total. The number of amides is 2. The molecule has 0 atom stereocenters. The van der Waals surface area contributed by atoms with Crippen LogP contribution in [0.1, 0.15) is 59.5 Å². The molecule has 2 amide bonds. The highest BCUT2D eigenvalue weighted by Gasteiger charge is 2.43. The molecule has 2 fully saturated rings. The maximum absolute atomic E-state index is 13.7. The zero-order valence-corrected chi connectivity index (χ0v) is 22.9. The molecule has 0 unspecified atom stereocenters. The van der Waals surface area contributed by atoms with E-state index in [-0.39, 0.29) is 11.8 Å². The number of carbonyl (C=O) groups excluding carboxylic acids is 2. The first-order chi connectivity index (χ1) is 18.4. The number of benzene rings is 1. The van der Waals surface area contributed by atoms with Crippen LogP contribution in [0.2, 0.25) is 0 Å². The fourth-order valence-corrected chi connectivity index (χ4v) is 6.08. The molecule has 0 aliphatic carbocycles. The second-order valence-electron chi connectivity index (χ2n) is 11.0. The summed E-state index contributed by atoms with van der Waals surface area (Å²) < 4.78 is 17.4. The van der Waals surface area contributed by atoms with Crippen molar-refractivity contribution < 1.29 is 23.5 Å². The van der Waals surface area contributed by atoms with E-state index in [1.807, 2.05) is 42.0 Å². The number of aryl methyl sites for hydroxylation is 2. The zero-order valence-electron chi connectivity index (χ0n) is 22.9. The summed E-state index contributed by atoms with van der Waals surface area (Å²) in [4.78, 5) is 33.1. The predicted molar refractivity (Wildman–Crippen MR) is 144 cm³/mol. The second-order valence-corrected chi connectivity index (χ2v) is 11.0. The number of morpholine rings is 1. The van der Waals surface area contributed by atoms with E-state index in [9.17, 15) is 9.59 Å². The molecule has 8 nitrogen and oxygen atoms in total. The zero-order chi connectivity index (χ0) is 26.5. The van der Waals surface area contributed by atoms with Crippen molar-refractivity contribution in [3.8, 4) is 5.75 Å². The van der Waals surface area contributed by atoms with E-state index < -0.39 is 5.41 Å². The molecule has 0 bridgehead atoms. The molecule has 8 heteroatoms. The number of likely N-dealkylation sites (tertiary alicyclic amines) is 1. The van der Waals surface area contributed by atoms with Crippen LogP contribution in [-0.2, 0) is 22.5 Å². The Morgan fingerprint density at radius 1 is 0.974 bits per heavy atom. The van der Waals surface area contributed by atoms with Crippen LogP contribution >= 0.6 is 0 Å². The van der Waals surface area contributed by atoms with Gasteiger partial charge in [-0.15, -0.1) is 0 Å². The molecule has 3 aliphatic rings. The second kappa shape index (κ2) is 11.9. The molecule has 1 spiro atoms. The van der Waals surface area contributed by atoms with Crippen molar-refractivity contribution in [2.75, 3.05) is 59.6 Å². The van der Waals surface area contributed by atoms with Crippen LogP contribution in [0.3, 0.4) is 0 Å². The summed E-state index contributed by atoms with van der Waals surface area (Å²) in [5.41, 5.74) is 1.87. The maximum atomic E-state index is 13.7. The SMILES string of the molecule is Cc1oc(C(=O)N2CCC3(CCCCc4ccccc4OCCN(C)C3=O)CC2)cc1CN1CCOCC1. The summed E-state index contributed by atoms with van der Waals surface area (Å²) in [6.45, 7) is 8.13. The normalized spacial score (nSPS) is 21.4. The van der Waals surface area contributed by atoms with Gasteiger partial charge in [-0.1, -0.05) is 24.6 Å². The fourth-order valence-electron chi connectivity index (χ4n) is 6.08. The van der Waals surface area contributed by atoms with E-state index in [2.05, 4.69) is 17.0 Å². The van der Waals surface area contributed by atoms with Gasteiger partial charge in [0.2, 0.25) is 5.91 Å². The number of rotatable bonds is 3. The summed E-state index contributed by atoms with van der Waals surface area (Å²) in [6.07, 6.45) is 5.15. The van der Waals surface area contributed by atoms with Gasteiger partial charge in [0.1, 0.15) is 18.1 Å². The topological polar surface area (TPSA) is 75.5 Å². The van der Waals surface area contributed by atoms with Crippen molar-refractivity contribution in [3.63, 3.8) is 0 Å². The van der Waals surface area contributed by atoms with E-state index >= 15 is 0 Å². The van der Waals surface area contributed by atoms with Gasteiger partial charge in [-0.2, -0.15) is 0 Å². The number of nitrogens with zero attached hydrogens (tertiary/aromatic N) is 3. The standard InChI is InChI=1S/C30H41N3O5/c1-23-25(22-32-16-18-36-19-17-32)21-27(38-23)28(34)33-13-11-30(12-14-33)10-6-5-8-24-7-3-4-9-26(24)37-20-15-31(2)29(30)35/h3-4,7,9,21H,5-6,8,10-20,22H2,1-2H3. The van der Waals surface area contributed by atoms with Crippen molar-refractivity contribution in [2.45, 2.75) is 52.0 Å². The lowest BCUT2D eigenvalue weighted by Gasteiger charge is -2.42. The van der Waals surface area contributed by atoms with Crippen molar-refractivity contribution >= 4 is 11.8 Å². The minimum atomic E-state index is -0.426. The summed E-state index contributed by atoms with van der Waals surface area (Å²) >= 11 is 0. The number of hydrogen-bond acceptors (Lipinski definition) is 6. The Balaban J connectivity index is 1.23. The molecule has 1 aromatic heterocycles. The van der Waals surface area contributed by atoms with E-state index in [0.29, 0.717) is 44.8 Å². The number of hydrogen-bond donors (Lipinski definition) is 0. The van der Waals surface area contributed by atoms with Crippen LogP contribution in [0.15, 0.2) is 34.7 Å². The van der Waals surface area contributed by atoms with Crippen molar-refractivity contribution in [1.82, 2.24) is 14.7 Å². The van der Waals surface area contributed by atoms with Gasteiger partial charge < -0.3 is 23.7 Å². The molecule has 38 heavy (non-hydrogen) atoms. The molecule has 0 saturated carbocycles. The number of fused-ring (bicyclic) bond motifs is 1. The van der Waals surface area contributed by atoms with E-state index in [0.717, 1.165) is 75.6 Å². The fraction of sp³-hybridized carbons (Fsp3) is 0.600. The number of likely N-dealkylation sites (N-methyl/N-ethyl adjacent to an activating group) is 1. The summed E-state index contributed by atoms with van der Waals surface area (Å²) in [6, 6.07) is 10.1. The Hall–Kier alpha value is -2.84. The lowest BCUT2D eigenvalue weighted by molar-refractivity contribution is -0.144. The monoisotopic (exact) mass is 523 g/mol. The van der Waals surface area contributed by atoms with Gasteiger partial charge in [-0.25, -0.2) is 0 Å². The minimum absolute atomic E-state index is 0.0739. The highest BCUT2D eigenvalue weighted by molar-refractivity contribution is 5.92. The molecule has 2 saturated heterocycles. The molecule has 206 valence electrons. The molecule has 3 aliphatic heterocycles. The van der Waals surface area contributed by atoms with Gasteiger partial charge in [0.05, 0.1) is 25.2 Å². The molecular weight excluding hydrogens is 482 g/mol. The van der Waals surface area contributed by atoms with Crippen LogP contribution in [0.5, 0.6) is 5.75 Å². The summed E-state index contributed by atoms with van der Waals surface area (Å²) in [5.74, 6) is 2.24. The third-order valence-electron chi connectivity index (χ3n) is 8.55. The number of furan rings is 1. The lowest BCUT2D eigenvalue weighted by Crippen LogP contribution is -2.51. The molecule has 1 aromatic carbocycles. The number of ether oxygens (including phenoxy) is 2. The largest absolute Gasteiger partial charge is 0.491 e. The highest BCUT2D eigenvalue weighted by atomic mass is 16.5. The summed E-state index contributed by atoms with van der Waals surface area (Å²) in [7, 11) is 1.88. The molecular formula is C30H41N3O5. The summed E-state index contributed by atoms with van der Waals surface area (Å²) in [5, 5.41) is 0. The van der Waals surface area contributed by atoms with Crippen LogP contribution in [-0.4, -0.2) is 86.1 Å². The Morgan fingerprint density at radius 3 is 2.53 bits per heavy atom. The van der Waals surface area contributed by atoms with Crippen molar-refractivity contribution in [2.24, 2.45) is 5.41 Å². The number of para-hydroxylation sites is 1. The minimum Gasteiger partial charge on any atom is -0.491 e. The highest BCUT2D eigenvalue weighted by Crippen LogP contribution is 2.39. The van der Waals surface area contributed by atoms with Crippen LogP contribution in [0.25, 0.3) is 0 Å². The molecule has 2 aromatic rings. The Morgan fingerprint density at radius 2 is 1.74 bits per heavy atom. The van der Waals surface area contributed by atoms with Crippen LogP contribution in [0, 0.1) is 12.3 Å². The molecule has 4 heterocycles. The van der Waals surface area contributed by atoms with E-state index in [1.54, 1.807) is 0 Å². The van der Waals surface area contributed by atoms with E-state index in [4.69, 9.17) is 13.9 Å². The molecule has 5 rings (SSSR count). The van der Waals surface area contributed by atoms with Crippen molar-refractivity contribution in [3.05, 3.63) is 53.0 Å². The van der Waals surface area contributed by atoms with Gasteiger partial charge in [0.15, 0.2) is 5.76 Å². The van der Waals surface area contributed by atoms with Crippen LogP contribution < -0.4 is 4.74 Å². The van der Waals surface area contributed by atoms with Gasteiger partial charge >= 0.3 is 0 Å². The Kier molecular flexibility index (Phi) is 8.39. The molecule has 0 radical (unpaired) electrons. The lowest BCUT2D eigenvalue weighted by atomic mass is 9.73. The third kappa shape index (κ3) is 5.91. The third-order valence-corrected chi connectivity index (χ3v) is 8.55. The number of piperidine rings is 1. The van der Waals surface area contributed by atoms with Gasteiger partial charge in [0, 0.05) is 45.3 Å². The van der Waals surface area contributed by atoms with Gasteiger partial charge in [-0.3, -0.25) is 14.5 Å². The Labute approximate surface area is 225 Å². The van der Waals surface area contributed by atoms with Gasteiger partial charge in [-0.05, 0) is 56.7 Å².